The molecule has 1 amide bonds. The molecule has 0 radical (unpaired) electrons. The second-order valence-corrected chi connectivity index (χ2v) is 7.43. The number of carboxylic acids is 1. The molecule has 142 valence electrons. The maximum Gasteiger partial charge on any atom is 0.305 e. The molecule has 2 aliphatic rings. The predicted molar refractivity (Wildman–Crippen MR) is 107 cm³/mol. The van der Waals surface area contributed by atoms with Crippen LogP contribution in [0.3, 0.4) is 0 Å². The van der Waals surface area contributed by atoms with Gasteiger partial charge in [-0.15, -0.1) is 0 Å². The number of fused-ring (bicyclic) bond motifs is 6. The Morgan fingerprint density at radius 3 is 2.71 bits per heavy atom. The number of carbonyl (C=O) groups is 2. The van der Waals surface area contributed by atoms with Crippen molar-refractivity contribution in [2.24, 2.45) is 0 Å². The molecule has 6 nitrogen and oxygen atoms in total. The van der Waals surface area contributed by atoms with E-state index in [0.29, 0.717) is 13.1 Å². The quantitative estimate of drug-likeness (QED) is 0.763. The lowest BCUT2D eigenvalue weighted by Gasteiger charge is -2.46. The molecule has 5 rings (SSSR count). The van der Waals surface area contributed by atoms with Gasteiger partial charge in [0, 0.05) is 31.0 Å². The number of carboxylic acid groups (broad SMARTS) is 1. The van der Waals surface area contributed by atoms with Crippen LogP contribution in [0.2, 0.25) is 0 Å². The van der Waals surface area contributed by atoms with Crippen LogP contribution in [0.15, 0.2) is 48.5 Å². The van der Waals surface area contributed by atoms with Crippen LogP contribution < -0.4 is 4.90 Å². The molecular weight excluding hydrogens is 354 g/mol. The number of aromatic nitrogens is 1. The van der Waals surface area contributed by atoms with E-state index >= 15 is 0 Å². The minimum atomic E-state index is -0.822. The van der Waals surface area contributed by atoms with Crippen LogP contribution in [0, 0.1) is 0 Å². The molecule has 0 bridgehead atoms. The summed E-state index contributed by atoms with van der Waals surface area (Å²) in [5.41, 5.74) is 4.94. The number of para-hydroxylation sites is 2. The number of hydrogen-bond acceptors (Lipinski definition) is 3. The molecule has 0 fully saturated rings. The second kappa shape index (κ2) is 6.12. The number of carbonyl (C=O) groups excluding carboxylic acids is 1. The Balaban J connectivity index is 1.74. The number of benzene rings is 2. The van der Waals surface area contributed by atoms with Gasteiger partial charge in [0.25, 0.3) is 5.91 Å². The minimum absolute atomic E-state index is 0.0411. The first kappa shape index (κ1) is 16.9. The summed E-state index contributed by atoms with van der Waals surface area (Å²) < 4.78 is 2.10. The number of nitrogens with zero attached hydrogens (tertiary/aromatic N) is 3. The molecule has 6 heteroatoms. The molecule has 28 heavy (non-hydrogen) atoms. The summed E-state index contributed by atoms with van der Waals surface area (Å²) in [6.07, 6.45) is 0.590. The lowest BCUT2D eigenvalue weighted by atomic mass is 9.96. The summed E-state index contributed by atoms with van der Waals surface area (Å²) in [7, 11) is 2.01. The topological polar surface area (TPSA) is 65.8 Å². The van der Waals surface area contributed by atoms with Crippen LogP contribution in [0.5, 0.6) is 0 Å². The summed E-state index contributed by atoms with van der Waals surface area (Å²) >= 11 is 0. The highest BCUT2D eigenvalue weighted by atomic mass is 16.4. The van der Waals surface area contributed by atoms with Gasteiger partial charge in [0.2, 0.25) is 0 Å². The largest absolute Gasteiger partial charge is 0.481 e. The summed E-state index contributed by atoms with van der Waals surface area (Å²) in [5.74, 6) is -0.781. The van der Waals surface area contributed by atoms with Crippen molar-refractivity contribution < 1.29 is 14.7 Å². The molecule has 0 spiro atoms. The van der Waals surface area contributed by atoms with Crippen molar-refractivity contribution in [3.8, 4) is 0 Å². The van der Waals surface area contributed by atoms with Crippen molar-refractivity contribution in [1.29, 1.82) is 0 Å². The molecule has 3 heterocycles. The molecule has 0 saturated carbocycles. The van der Waals surface area contributed by atoms with E-state index in [-0.39, 0.29) is 18.5 Å². The Kier molecular flexibility index (Phi) is 3.69. The second-order valence-electron chi connectivity index (χ2n) is 7.43. The van der Waals surface area contributed by atoms with Crippen molar-refractivity contribution in [3.05, 3.63) is 65.4 Å². The average molecular weight is 375 g/mol. The zero-order valence-corrected chi connectivity index (χ0v) is 15.6. The highest BCUT2D eigenvalue weighted by molar-refractivity contribution is 6.02. The summed E-state index contributed by atoms with van der Waals surface area (Å²) in [5, 5.41) is 10.4. The molecule has 1 N–H and O–H groups in total. The van der Waals surface area contributed by atoms with Gasteiger partial charge in [0.15, 0.2) is 0 Å². The Hall–Kier alpha value is -3.28. The van der Waals surface area contributed by atoms with Crippen LogP contribution in [-0.2, 0) is 17.8 Å². The summed E-state index contributed by atoms with van der Waals surface area (Å²) in [4.78, 5) is 28.5. The third-order valence-electron chi connectivity index (χ3n) is 5.95. The van der Waals surface area contributed by atoms with E-state index in [1.807, 2.05) is 54.4 Å². The molecule has 0 aliphatic carbocycles. The number of amides is 1. The minimum Gasteiger partial charge on any atom is -0.481 e. The fourth-order valence-corrected chi connectivity index (χ4v) is 4.76. The van der Waals surface area contributed by atoms with Crippen molar-refractivity contribution in [2.75, 3.05) is 18.5 Å². The van der Waals surface area contributed by atoms with Crippen LogP contribution in [0.25, 0.3) is 10.9 Å². The van der Waals surface area contributed by atoms with Crippen molar-refractivity contribution in [3.63, 3.8) is 0 Å². The van der Waals surface area contributed by atoms with Gasteiger partial charge in [0.1, 0.15) is 6.17 Å². The van der Waals surface area contributed by atoms with Gasteiger partial charge in [-0.1, -0.05) is 30.3 Å². The van der Waals surface area contributed by atoms with Crippen LogP contribution in [0.4, 0.5) is 5.69 Å². The highest BCUT2D eigenvalue weighted by Gasteiger charge is 2.42. The first-order valence-corrected chi connectivity index (χ1v) is 9.52. The Bertz CT molecular complexity index is 1120. The van der Waals surface area contributed by atoms with E-state index < -0.39 is 5.97 Å². The Morgan fingerprint density at radius 2 is 1.89 bits per heavy atom. The van der Waals surface area contributed by atoms with E-state index in [0.717, 1.165) is 34.3 Å². The van der Waals surface area contributed by atoms with Crippen LogP contribution in [-0.4, -0.2) is 40.0 Å². The number of aryl methyl sites for hydroxylation is 1. The number of aliphatic carboxylic acids is 1. The lowest BCUT2D eigenvalue weighted by Crippen LogP contribution is -2.51. The normalized spacial score (nSPS) is 18.0. The van der Waals surface area contributed by atoms with Gasteiger partial charge >= 0.3 is 5.97 Å². The maximum atomic E-state index is 13.2. The van der Waals surface area contributed by atoms with Crippen molar-refractivity contribution in [1.82, 2.24) is 9.47 Å². The molecule has 2 aliphatic heterocycles. The monoisotopic (exact) mass is 375 g/mol. The highest BCUT2D eigenvalue weighted by Crippen LogP contribution is 2.44. The van der Waals surface area contributed by atoms with Gasteiger partial charge < -0.3 is 19.5 Å². The van der Waals surface area contributed by atoms with E-state index in [1.165, 1.54) is 5.56 Å². The third kappa shape index (κ3) is 2.27. The summed E-state index contributed by atoms with van der Waals surface area (Å²) in [6.45, 7) is 1.04. The van der Waals surface area contributed by atoms with Crippen molar-refractivity contribution in [2.45, 2.75) is 25.6 Å². The molecule has 1 atom stereocenters. The first-order valence-electron chi connectivity index (χ1n) is 9.52. The van der Waals surface area contributed by atoms with Gasteiger partial charge in [-0.05, 0) is 30.2 Å². The van der Waals surface area contributed by atoms with Gasteiger partial charge in [-0.25, -0.2) is 0 Å². The van der Waals surface area contributed by atoms with Crippen molar-refractivity contribution >= 4 is 28.5 Å². The maximum absolute atomic E-state index is 13.2. The van der Waals surface area contributed by atoms with Crippen LogP contribution in [0.1, 0.15) is 34.2 Å². The van der Waals surface area contributed by atoms with E-state index in [2.05, 4.69) is 15.5 Å². The SMILES string of the molecule is CN1c2ccccc2C(=O)N2CCc3c(n(CCC(=O)O)c4ccccc34)[C@H]21. The molecular formula is C22H21N3O3. The fraction of sp³-hybridized carbons (Fsp3) is 0.273. The molecule has 2 aromatic carbocycles. The zero-order chi connectivity index (χ0) is 19.4. The smallest absolute Gasteiger partial charge is 0.305 e. The molecule has 3 aromatic rings. The Labute approximate surface area is 162 Å². The van der Waals surface area contributed by atoms with Crippen LogP contribution >= 0.6 is 0 Å². The number of anilines is 1. The third-order valence-corrected chi connectivity index (χ3v) is 5.95. The molecule has 0 unspecified atom stereocenters. The van der Waals surface area contributed by atoms with E-state index in [4.69, 9.17) is 0 Å². The molecule has 1 aromatic heterocycles. The van der Waals surface area contributed by atoms with E-state index in [1.54, 1.807) is 0 Å². The van der Waals surface area contributed by atoms with Gasteiger partial charge in [-0.2, -0.15) is 0 Å². The van der Waals surface area contributed by atoms with Gasteiger partial charge in [-0.3, -0.25) is 9.59 Å². The number of hydrogen-bond donors (Lipinski definition) is 1. The predicted octanol–water partition coefficient (Wildman–Crippen LogP) is 3.26. The average Bonchev–Trinajstić information content (AvgIpc) is 3.04. The lowest BCUT2D eigenvalue weighted by molar-refractivity contribution is -0.137. The zero-order valence-electron chi connectivity index (χ0n) is 15.6. The fourth-order valence-electron chi connectivity index (χ4n) is 4.76. The van der Waals surface area contributed by atoms with E-state index in [9.17, 15) is 14.7 Å². The first-order chi connectivity index (χ1) is 13.6. The number of rotatable bonds is 3. The van der Waals surface area contributed by atoms with Gasteiger partial charge in [0.05, 0.1) is 23.4 Å². The standard InChI is InChI=1S/C22H21N3O3/c1-23-17-8-4-3-7-16(17)22(28)25-12-10-15-14-6-2-5-9-18(14)24(13-11-19(26)27)20(15)21(23)25/h2-9,21H,10-13H2,1H3,(H,26,27)/t21-/m0/s1. The molecule has 0 saturated heterocycles. The Morgan fingerprint density at radius 1 is 1.14 bits per heavy atom. The summed E-state index contributed by atoms with van der Waals surface area (Å²) in [6, 6.07) is 15.8.